The van der Waals surface area contributed by atoms with Crippen molar-refractivity contribution in [1.82, 2.24) is 5.32 Å². The Bertz CT molecular complexity index is 501. The number of anilines is 1. The summed E-state index contributed by atoms with van der Waals surface area (Å²) < 4.78 is 18.4. The normalized spacial score (nSPS) is 13.8. The first-order valence-corrected chi connectivity index (χ1v) is 6.03. The van der Waals surface area contributed by atoms with Crippen molar-refractivity contribution in [1.29, 1.82) is 0 Å². The molecule has 2 amide bonds. The molecule has 1 saturated carbocycles. The van der Waals surface area contributed by atoms with Gasteiger partial charge in [-0.05, 0) is 30.9 Å². The minimum atomic E-state index is -0.795. The number of benzene rings is 1. The molecule has 1 aliphatic carbocycles. The number of methoxy groups -OCH3 is 1. The van der Waals surface area contributed by atoms with E-state index >= 15 is 0 Å². The number of halogens is 1. The van der Waals surface area contributed by atoms with Gasteiger partial charge in [-0.3, -0.25) is 0 Å². The third-order valence-electron chi connectivity index (χ3n) is 2.90. The third-order valence-corrected chi connectivity index (χ3v) is 2.90. The summed E-state index contributed by atoms with van der Waals surface area (Å²) in [5.74, 6) is -1.03. The van der Waals surface area contributed by atoms with Gasteiger partial charge in [0.2, 0.25) is 0 Å². The molecule has 0 bridgehead atoms. The standard InChI is InChI=1S/C13H15FN2O3/c1-19-12(17)9-3-2-4-10(11(9)14)16-13(18)15-7-8-5-6-8/h2-4,8H,5-7H2,1H3,(H2,15,16,18). The Hall–Kier alpha value is -2.11. The Kier molecular flexibility index (Phi) is 3.99. The van der Waals surface area contributed by atoms with Crippen molar-refractivity contribution in [2.75, 3.05) is 19.0 Å². The Morgan fingerprint density at radius 2 is 2.16 bits per heavy atom. The first-order valence-electron chi connectivity index (χ1n) is 6.03. The van der Waals surface area contributed by atoms with E-state index in [9.17, 15) is 14.0 Å². The number of amides is 2. The Morgan fingerprint density at radius 1 is 1.42 bits per heavy atom. The van der Waals surface area contributed by atoms with E-state index in [2.05, 4.69) is 15.4 Å². The zero-order valence-electron chi connectivity index (χ0n) is 10.5. The summed E-state index contributed by atoms with van der Waals surface area (Å²) in [4.78, 5) is 22.8. The van der Waals surface area contributed by atoms with Gasteiger partial charge in [0.1, 0.15) is 0 Å². The second-order valence-electron chi connectivity index (χ2n) is 4.44. The molecule has 1 aromatic rings. The molecule has 2 N–H and O–H groups in total. The van der Waals surface area contributed by atoms with E-state index in [1.807, 2.05) is 0 Å². The maximum atomic E-state index is 13.9. The quantitative estimate of drug-likeness (QED) is 0.820. The van der Waals surface area contributed by atoms with Crippen LogP contribution >= 0.6 is 0 Å². The number of hydrogen-bond donors (Lipinski definition) is 2. The van der Waals surface area contributed by atoms with Crippen LogP contribution in [0.3, 0.4) is 0 Å². The van der Waals surface area contributed by atoms with Crippen LogP contribution in [0.1, 0.15) is 23.2 Å². The number of carbonyl (C=O) groups is 2. The first kappa shape index (κ1) is 13.3. The van der Waals surface area contributed by atoms with Gasteiger partial charge in [0.25, 0.3) is 0 Å². The van der Waals surface area contributed by atoms with Crippen LogP contribution in [0, 0.1) is 11.7 Å². The monoisotopic (exact) mass is 266 g/mol. The highest BCUT2D eigenvalue weighted by Gasteiger charge is 2.22. The molecular weight excluding hydrogens is 251 g/mol. The van der Waals surface area contributed by atoms with E-state index in [1.54, 1.807) is 0 Å². The third kappa shape index (κ3) is 3.43. The highest BCUT2D eigenvalue weighted by molar-refractivity contribution is 5.94. The summed E-state index contributed by atoms with van der Waals surface area (Å²) in [5, 5.41) is 5.03. The van der Waals surface area contributed by atoms with Gasteiger partial charge in [-0.25, -0.2) is 14.0 Å². The topological polar surface area (TPSA) is 67.4 Å². The van der Waals surface area contributed by atoms with Crippen molar-refractivity contribution in [3.63, 3.8) is 0 Å². The number of rotatable bonds is 4. The molecule has 1 aromatic carbocycles. The molecule has 19 heavy (non-hydrogen) atoms. The number of ether oxygens (including phenoxy) is 1. The molecule has 6 heteroatoms. The van der Waals surface area contributed by atoms with E-state index in [4.69, 9.17) is 0 Å². The smallest absolute Gasteiger partial charge is 0.340 e. The molecular formula is C13H15FN2O3. The van der Waals surface area contributed by atoms with Gasteiger partial charge in [-0.2, -0.15) is 0 Å². The minimum absolute atomic E-state index is 0.0452. The van der Waals surface area contributed by atoms with Gasteiger partial charge < -0.3 is 15.4 Å². The van der Waals surface area contributed by atoms with E-state index < -0.39 is 17.8 Å². The predicted molar refractivity (Wildman–Crippen MR) is 67.5 cm³/mol. The van der Waals surface area contributed by atoms with Crippen molar-refractivity contribution in [2.45, 2.75) is 12.8 Å². The van der Waals surface area contributed by atoms with Crippen LogP contribution in [-0.4, -0.2) is 25.7 Å². The maximum absolute atomic E-state index is 13.9. The second kappa shape index (κ2) is 5.69. The molecule has 0 atom stereocenters. The molecule has 5 nitrogen and oxygen atoms in total. The largest absolute Gasteiger partial charge is 0.465 e. The lowest BCUT2D eigenvalue weighted by Gasteiger charge is -2.09. The first-order chi connectivity index (χ1) is 9.11. The number of hydrogen-bond acceptors (Lipinski definition) is 3. The highest BCUT2D eigenvalue weighted by Crippen LogP contribution is 2.27. The molecule has 0 aromatic heterocycles. The molecule has 102 valence electrons. The number of esters is 1. The molecule has 0 spiro atoms. The fraction of sp³-hybridized carbons (Fsp3) is 0.385. The zero-order valence-corrected chi connectivity index (χ0v) is 10.5. The van der Waals surface area contributed by atoms with E-state index in [1.165, 1.54) is 25.3 Å². The van der Waals surface area contributed by atoms with Gasteiger partial charge in [-0.15, -0.1) is 0 Å². The van der Waals surface area contributed by atoms with Crippen molar-refractivity contribution in [3.8, 4) is 0 Å². The van der Waals surface area contributed by atoms with Gasteiger partial charge in [0.05, 0.1) is 18.4 Å². The molecule has 0 unspecified atom stereocenters. The van der Waals surface area contributed by atoms with Crippen LogP contribution in [0.25, 0.3) is 0 Å². The van der Waals surface area contributed by atoms with Crippen molar-refractivity contribution in [2.24, 2.45) is 5.92 Å². The van der Waals surface area contributed by atoms with E-state index in [0.717, 1.165) is 12.8 Å². The zero-order chi connectivity index (χ0) is 13.8. The lowest BCUT2D eigenvalue weighted by atomic mass is 10.2. The van der Waals surface area contributed by atoms with Gasteiger partial charge in [0.15, 0.2) is 5.82 Å². The minimum Gasteiger partial charge on any atom is -0.465 e. The highest BCUT2D eigenvalue weighted by atomic mass is 19.1. The average Bonchev–Trinajstić information content (AvgIpc) is 3.22. The summed E-state index contributed by atoms with van der Waals surface area (Å²) >= 11 is 0. The Labute approximate surface area is 110 Å². The molecule has 2 rings (SSSR count). The van der Waals surface area contributed by atoms with Crippen LogP contribution in [0.4, 0.5) is 14.9 Å². The van der Waals surface area contributed by atoms with Crippen LogP contribution in [0.5, 0.6) is 0 Å². The van der Waals surface area contributed by atoms with Crippen LogP contribution < -0.4 is 10.6 Å². The predicted octanol–water partition coefficient (Wildman–Crippen LogP) is 2.14. The van der Waals surface area contributed by atoms with Crippen molar-refractivity contribution >= 4 is 17.7 Å². The lowest BCUT2D eigenvalue weighted by Crippen LogP contribution is -2.30. The summed E-state index contributed by atoms with van der Waals surface area (Å²) in [6.45, 7) is 0.587. The lowest BCUT2D eigenvalue weighted by molar-refractivity contribution is 0.0595. The van der Waals surface area contributed by atoms with E-state index in [0.29, 0.717) is 12.5 Å². The Morgan fingerprint density at radius 3 is 2.79 bits per heavy atom. The summed E-state index contributed by atoms with van der Waals surface area (Å²) in [6.07, 6.45) is 2.24. The fourth-order valence-electron chi connectivity index (χ4n) is 1.62. The molecule has 1 aliphatic rings. The number of carbonyl (C=O) groups excluding carboxylic acids is 2. The van der Waals surface area contributed by atoms with Crippen LogP contribution in [0.2, 0.25) is 0 Å². The Balaban J connectivity index is 2.02. The van der Waals surface area contributed by atoms with Gasteiger partial charge >= 0.3 is 12.0 Å². The summed E-state index contributed by atoms with van der Waals surface area (Å²) in [7, 11) is 1.17. The summed E-state index contributed by atoms with van der Waals surface area (Å²) in [5.41, 5.74) is -0.251. The fourth-order valence-corrected chi connectivity index (χ4v) is 1.62. The molecule has 0 radical (unpaired) electrons. The second-order valence-corrected chi connectivity index (χ2v) is 4.44. The molecule has 1 fully saturated rings. The molecule has 0 heterocycles. The average molecular weight is 266 g/mol. The number of urea groups is 1. The summed E-state index contributed by atoms with van der Waals surface area (Å²) in [6, 6.07) is 3.69. The number of nitrogens with one attached hydrogen (secondary N) is 2. The van der Waals surface area contributed by atoms with E-state index in [-0.39, 0.29) is 11.3 Å². The van der Waals surface area contributed by atoms with Crippen LogP contribution in [-0.2, 0) is 4.74 Å². The SMILES string of the molecule is COC(=O)c1cccc(NC(=O)NCC2CC2)c1F. The van der Waals surface area contributed by atoms with Crippen molar-refractivity contribution in [3.05, 3.63) is 29.6 Å². The molecule has 0 aliphatic heterocycles. The molecule has 0 saturated heterocycles. The van der Waals surface area contributed by atoms with Gasteiger partial charge in [-0.1, -0.05) is 6.07 Å². The van der Waals surface area contributed by atoms with Gasteiger partial charge in [0, 0.05) is 6.54 Å². The maximum Gasteiger partial charge on any atom is 0.340 e. The van der Waals surface area contributed by atoms with Crippen molar-refractivity contribution < 1.29 is 18.7 Å². The van der Waals surface area contributed by atoms with Crippen LogP contribution in [0.15, 0.2) is 18.2 Å².